The molecular formula is C38H62. The standard InChI is InChI=1S/C28H32.5C2H6/c1-9-16-24-20(8)21(13-5)25(17-10-2)28(24)26(18-11-3)22(14-6)23(15-7)27(28)19-12-4;5*1-2/h9-19H,5-7H2,1-4,8H3;5*1-2H3/b16-9-,17-10-,18-11-,19-12-;;;;;. The van der Waals surface area contributed by atoms with Gasteiger partial charge in [-0.15, -0.1) is 0 Å². The molecule has 0 heteroatoms. The van der Waals surface area contributed by atoms with Crippen molar-refractivity contribution in [3.05, 3.63) is 131 Å². The van der Waals surface area contributed by atoms with Crippen LogP contribution in [0.5, 0.6) is 0 Å². The lowest BCUT2D eigenvalue weighted by Gasteiger charge is -2.35. The lowest BCUT2D eigenvalue weighted by Crippen LogP contribution is -2.25. The fourth-order valence-corrected chi connectivity index (χ4v) is 4.66. The van der Waals surface area contributed by atoms with E-state index < -0.39 is 5.41 Å². The molecule has 0 unspecified atom stereocenters. The quantitative estimate of drug-likeness (QED) is 0.314. The van der Waals surface area contributed by atoms with Gasteiger partial charge in [0.05, 0.1) is 5.41 Å². The van der Waals surface area contributed by atoms with Crippen LogP contribution >= 0.6 is 0 Å². The third kappa shape index (κ3) is 8.59. The molecule has 1 spiro atoms. The van der Waals surface area contributed by atoms with Crippen molar-refractivity contribution in [1.82, 2.24) is 0 Å². The summed E-state index contributed by atoms with van der Waals surface area (Å²) in [6, 6.07) is 0. The molecule has 0 heterocycles. The Balaban J connectivity index is -0.000000517. The van der Waals surface area contributed by atoms with Gasteiger partial charge in [-0.1, -0.05) is 156 Å². The largest absolute Gasteiger partial charge is 0.0984 e. The molecule has 0 aromatic rings. The van der Waals surface area contributed by atoms with E-state index in [1.165, 1.54) is 33.4 Å². The molecule has 0 fully saturated rings. The summed E-state index contributed by atoms with van der Waals surface area (Å²) in [5.41, 5.74) is 9.38. The first-order chi connectivity index (χ1) is 18.5. The van der Waals surface area contributed by atoms with E-state index in [9.17, 15) is 0 Å². The van der Waals surface area contributed by atoms with Crippen LogP contribution in [0.25, 0.3) is 0 Å². The van der Waals surface area contributed by atoms with Gasteiger partial charge in [0.25, 0.3) is 0 Å². The molecule has 0 amide bonds. The van der Waals surface area contributed by atoms with E-state index in [2.05, 4.69) is 103 Å². The maximum atomic E-state index is 4.14. The minimum Gasteiger partial charge on any atom is -0.0984 e. The third-order valence-corrected chi connectivity index (χ3v) is 5.53. The Bertz CT molecular complexity index is 900. The normalized spacial score (nSPS) is 15.4. The Morgan fingerprint density at radius 3 is 0.895 bits per heavy atom. The van der Waals surface area contributed by atoms with Gasteiger partial charge < -0.3 is 0 Å². The van der Waals surface area contributed by atoms with Crippen LogP contribution in [0.2, 0.25) is 0 Å². The summed E-state index contributed by atoms with van der Waals surface area (Å²) in [6.07, 6.45) is 23.3. The molecule has 2 aliphatic carbocycles. The van der Waals surface area contributed by atoms with Crippen LogP contribution in [-0.4, -0.2) is 0 Å². The average molecular weight is 519 g/mol. The van der Waals surface area contributed by atoms with Crippen molar-refractivity contribution in [2.45, 2.75) is 104 Å². The average Bonchev–Trinajstić information content (AvgIpc) is 3.38. The van der Waals surface area contributed by atoms with Gasteiger partial charge in [-0.2, -0.15) is 0 Å². The lowest BCUT2D eigenvalue weighted by atomic mass is 9.66. The van der Waals surface area contributed by atoms with Gasteiger partial charge in [0.15, 0.2) is 0 Å². The molecule has 0 radical (unpaired) electrons. The topological polar surface area (TPSA) is 0 Å². The highest BCUT2D eigenvalue weighted by molar-refractivity contribution is 5.81. The van der Waals surface area contributed by atoms with Crippen LogP contribution in [0.1, 0.15) is 104 Å². The Kier molecular flexibility index (Phi) is 28.6. The van der Waals surface area contributed by atoms with Crippen molar-refractivity contribution in [3.63, 3.8) is 0 Å². The van der Waals surface area contributed by atoms with Crippen LogP contribution < -0.4 is 0 Å². The molecule has 0 saturated carbocycles. The minimum atomic E-state index is -0.390. The maximum absolute atomic E-state index is 4.14. The van der Waals surface area contributed by atoms with E-state index in [1.54, 1.807) is 0 Å². The predicted molar refractivity (Wildman–Crippen MR) is 183 cm³/mol. The van der Waals surface area contributed by atoms with E-state index in [0.29, 0.717) is 0 Å². The Labute approximate surface area is 240 Å². The van der Waals surface area contributed by atoms with Crippen molar-refractivity contribution in [2.24, 2.45) is 5.41 Å². The molecule has 0 aromatic carbocycles. The molecule has 0 nitrogen and oxygen atoms in total. The number of hydrogen-bond acceptors (Lipinski definition) is 0. The van der Waals surface area contributed by atoms with E-state index >= 15 is 0 Å². The second-order valence-corrected chi connectivity index (χ2v) is 6.88. The molecule has 2 aliphatic rings. The second-order valence-electron chi connectivity index (χ2n) is 6.88. The first-order valence-electron chi connectivity index (χ1n) is 14.9. The molecule has 0 N–H and O–H groups in total. The van der Waals surface area contributed by atoms with Gasteiger partial charge in [0.2, 0.25) is 0 Å². The summed E-state index contributed by atoms with van der Waals surface area (Å²) in [4.78, 5) is 0. The van der Waals surface area contributed by atoms with Crippen LogP contribution in [0.3, 0.4) is 0 Å². The van der Waals surface area contributed by atoms with Crippen molar-refractivity contribution >= 4 is 0 Å². The first-order valence-corrected chi connectivity index (χ1v) is 14.9. The zero-order chi connectivity index (χ0) is 30.9. The Morgan fingerprint density at radius 2 is 0.658 bits per heavy atom. The molecule has 0 aromatic heterocycles. The summed E-state index contributed by atoms with van der Waals surface area (Å²) >= 11 is 0. The second kappa shape index (κ2) is 25.8. The molecule has 214 valence electrons. The van der Waals surface area contributed by atoms with Gasteiger partial charge in [-0.05, 0) is 79.2 Å². The molecular weight excluding hydrogens is 456 g/mol. The van der Waals surface area contributed by atoms with Gasteiger partial charge in [-0.3, -0.25) is 0 Å². The van der Waals surface area contributed by atoms with E-state index in [4.69, 9.17) is 0 Å². The fourth-order valence-electron chi connectivity index (χ4n) is 4.66. The summed E-state index contributed by atoms with van der Waals surface area (Å²) in [5, 5.41) is 0. The number of hydrogen-bond donors (Lipinski definition) is 0. The monoisotopic (exact) mass is 518 g/mol. The maximum Gasteiger partial charge on any atom is 0.0721 e. The summed E-state index contributed by atoms with van der Waals surface area (Å²) in [5.74, 6) is 0. The van der Waals surface area contributed by atoms with Crippen molar-refractivity contribution < 1.29 is 0 Å². The Hall–Kier alpha value is -2.86. The smallest absolute Gasteiger partial charge is 0.0721 e. The summed E-state index contributed by atoms with van der Waals surface area (Å²) in [6.45, 7) is 42.9. The molecule has 0 bridgehead atoms. The minimum absolute atomic E-state index is 0.390. The molecule has 0 atom stereocenters. The highest BCUT2D eigenvalue weighted by Crippen LogP contribution is 2.63. The van der Waals surface area contributed by atoms with Gasteiger partial charge in [0, 0.05) is 0 Å². The van der Waals surface area contributed by atoms with E-state index in [1.807, 2.05) is 87.5 Å². The van der Waals surface area contributed by atoms with Gasteiger partial charge in [0.1, 0.15) is 0 Å². The van der Waals surface area contributed by atoms with E-state index in [0.717, 1.165) is 11.1 Å². The van der Waals surface area contributed by atoms with Crippen molar-refractivity contribution in [1.29, 1.82) is 0 Å². The highest BCUT2D eigenvalue weighted by atomic mass is 14.5. The summed E-state index contributed by atoms with van der Waals surface area (Å²) in [7, 11) is 0. The third-order valence-electron chi connectivity index (χ3n) is 5.53. The molecule has 0 aliphatic heterocycles. The van der Waals surface area contributed by atoms with Crippen LogP contribution in [0, 0.1) is 5.41 Å². The van der Waals surface area contributed by atoms with Crippen molar-refractivity contribution in [2.75, 3.05) is 0 Å². The summed E-state index contributed by atoms with van der Waals surface area (Å²) < 4.78 is 0. The number of allylic oxidation sites excluding steroid dienone is 19. The zero-order valence-electron chi connectivity index (χ0n) is 28.0. The fraction of sp³-hybridized carbons (Fsp3) is 0.421. The first kappa shape index (κ1) is 42.2. The molecule has 2 rings (SSSR count). The van der Waals surface area contributed by atoms with Crippen molar-refractivity contribution in [3.8, 4) is 0 Å². The molecule has 38 heavy (non-hydrogen) atoms. The molecule has 0 saturated heterocycles. The number of rotatable bonds is 7. The predicted octanol–water partition coefficient (Wildman–Crippen LogP) is 13.2. The Morgan fingerprint density at radius 1 is 0.421 bits per heavy atom. The van der Waals surface area contributed by atoms with Crippen LogP contribution in [0.4, 0.5) is 0 Å². The van der Waals surface area contributed by atoms with Crippen LogP contribution in [0.15, 0.2) is 131 Å². The van der Waals surface area contributed by atoms with Crippen LogP contribution in [-0.2, 0) is 0 Å². The van der Waals surface area contributed by atoms with Gasteiger partial charge >= 0.3 is 0 Å². The lowest BCUT2D eigenvalue weighted by molar-refractivity contribution is 0.690. The SMILES string of the molecule is C=CC1=C(/C=C\C)C2(C(/C=C\C)=C1C)C(/C=C\C)=C(C=C)C(C=C)=C2/C=C\C.CC.CC.CC.CC.CC. The van der Waals surface area contributed by atoms with E-state index in [-0.39, 0.29) is 0 Å². The highest BCUT2D eigenvalue weighted by Gasteiger charge is 2.51. The zero-order valence-corrected chi connectivity index (χ0v) is 28.0. The van der Waals surface area contributed by atoms with Gasteiger partial charge in [-0.25, -0.2) is 0 Å².